The van der Waals surface area contributed by atoms with Crippen LogP contribution in [0.3, 0.4) is 0 Å². The second kappa shape index (κ2) is 28.0. The summed E-state index contributed by atoms with van der Waals surface area (Å²) in [6.07, 6.45) is -0.173. The first-order valence-corrected chi connectivity index (χ1v) is 27.1. The number of anilines is 2. The molecule has 4 aromatic rings. The molecule has 2 fully saturated rings. The number of alkyl halides is 2. The van der Waals surface area contributed by atoms with Crippen LogP contribution in [0.5, 0.6) is 11.5 Å². The number of hydrogen-bond acceptors (Lipinski definition) is 23. The summed E-state index contributed by atoms with van der Waals surface area (Å²) in [5.41, 5.74) is 19.7. The van der Waals surface area contributed by atoms with Crippen LogP contribution in [0.15, 0.2) is 81.4 Å². The Balaban J connectivity index is 0.000000234. The van der Waals surface area contributed by atoms with Gasteiger partial charge >= 0.3 is 17.9 Å². The first kappa shape index (κ1) is 61.0. The average Bonchev–Trinajstić information content (AvgIpc) is 3.96. The molecule has 4 aliphatic rings. The molecule has 4 aliphatic heterocycles. The lowest BCUT2D eigenvalue weighted by Gasteiger charge is -2.49. The third-order valence-electron chi connectivity index (χ3n) is 10.9. The number of carbonyl (C=O) groups excluding carboxylic acids is 5. The van der Waals surface area contributed by atoms with Gasteiger partial charge in [0.05, 0.1) is 25.5 Å². The highest BCUT2D eigenvalue weighted by atomic mass is 35.5. The number of thiazole rings is 2. The lowest BCUT2D eigenvalue weighted by molar-refractivity contribution is -0.155. The summed E-state index contributed by atoms with van der Waals surface area (Å²) in [4.78, 5) is 94.2. The van der Waals surface area contributed by atoms with Crippen LogP contribution in [0.4, 0.5) is 10.3 Å². The lowest BCUT2D eigenvalue weighted by atomic mass is 9.89. The molecule has 7 N–H and O–H groups in total. The number of carboxylic acid groups (broad SMARTS) is 1. The van der Waals surface area contributed by atoms with Crippen molar-refractivity contribution in [2.45, 2.75) is 43.9 Å². The highest BCUT2D eigenvalue weighted by Crippen LogP contribution is 2.46. The minimum Gasteiger partial charge on any atom is -0.497 e. The Morgan fingerprint density at radius 2 is 1.12 bits per heavy atom. The van der Waals surface area contributed by atoms with Crippen molar-refractivity contribution in [2.75, 3.05) is 63.2 Å². The molecule has 2 saturated heterocycles. The van der Waals surface area contributed by atoms with E-state index >= 15 is 0 Å². The van der Waals surface area contributed by atoms with Gasteiger partial charge in [-0.15, -0.1) is 46.7 Å². The number of amides is 2. The van der Waals surface area contributed by atoms with Crippen LogP contribution in [0, 0.1) is 5.92 Å². The van der Waals surface area contributed by atoms with Crippen LogP contribution < -0.4 is 26.7 Å². The molecule has 22 nitrogen and oxygen atoms in total. The number of Topliss-reactive ketones (excluding diaryl/α,β-unsaturated/α-hetero) is 1. The van der Waals surface area contributed by atoms with E-state index in [1.54, 1.807) is 50.6 Å². The maximum atomic E-state index is 13.2. The average molecular weight is 1210 g/mol. The van der Waals surface area contributed by atoms with Crippen LogP contribution in [0.2, 0.25) is 8.67 Å². The Kier molecular flexibility index (Phi) is 22.5. The van der Waals surface area contributed by atoms with E-state index in [2.05, 4.69) is 25.1 Å². The number of hydrogen-bond donors (Lipinski definition) is 4. The van der Waals surface area contributed by atoms with Gasteiger partial charge in [-0.25, -0.2) is 24.4 Å². The minimum absolute atomic E-state index is 0. The fourth-order valence-corrected chi connectivity index (χ4v) is 12.5. The molecule has 0 saturated carbocycles. The Morgan fingerprint density at radius 3 is 1.51 bits per heavy atom. The third kappa shape index (κ3) is 14.0. The van der Waals surface area contributed by atoms with Crippen LogP contribution in [-0.4, -0.2) is 140 Å². The van der Waals surface area contributed by atoms with Crippen molar-refractivity contribution in [3.63, 3.8) is 0 Å². The number of oxime groups is 2. The summed E-state index contributed by atoms with van der Waals surface area (Å²) in [7, 11) is 5.66. The van der Waals surface area contributed by atoms with E-state index in [0.29, 0.717) is 28.4 Å². The maximum absolute atomic E-state index is 13.2. The molecule has 408 valence electrons. The zero-order valence-electron chi connectivity index (χ0n) is 39.8. The summed E-state index contributed by atoms with van der Waals surface area (Å²) in [6.45, 7) is 0.117. The molecule has 6 heterocycles. The molecule has 0 radical (unpaired) electrons. The number of fused-ring (bicyclic) bond motifs is 2. The van der Waals surface area contributed by atoms with Crippen LogP contribution in [0.1, 0.15) is 36.4 Å². The van der Waals surface area contributed by atoms with Gasteiger partial charge in [-0.1, -0.05) is 87.9 Å². The van der Waals surface area contributed by atoms with Crippen molar-refractivity contribution >= 4 is 150 Å². The molecule has 0 bridgehead atoms. The Bertz CT molecular complexity index is 2940. The topological polar surface area (TPSA) is 313 Å². The first-order chi connectivity index (χ1) is 35.9. The molecular weight excluding hydrogens is 1160 g/mol. The standard InChI is InChI=1S/C23H22Cl2N4O6S2.C16H17ClN2O4S.C6H6ClN3O3S.CH4/c1-33-13-5-3-11(4-6-13)9-35-22(32)18-12(8-24)10-36-21-14(20(31)29(18)21)7-15(30)16(28-34-2)17-19(25)37-23(26)27-17;1-22-11-4-2-9(3-5-11)7-23-16(21)13-10(6-17)8-24-15-12(18)14(20)19(13)15;1-13-10-3(5(11)12)2-4(7)14-6(8)9-2;/h3-6,14,21H,7-10H2,1-2H3,(H2,26,27);2-5,12,15H,6-8,18H2,1H3;1H3,(H2,8,9)(H,11,12);1H4/b28-16+;;10-3-;/t14-,21-;12-,15-;;/m11../s1. The largest absolute Gasteiger partial charge is 0.497 e. The van der Waals surface area contributed by atoms with E-state index in [-0.39, 0.29) is 109 Å². The van der Waals surface area contributed by atoms with Gasteiger partial charge in [0.1, 0.15) is 81.8 Å². The highest BCUT2D eigenvalue weighted by Gasteiger charge is 2.55. The minimum atomic E-state index is -1.28. The number of carbonyl (C=O) groups is 6. The van der Waals surface area contributed by atoms with E-state index < -0.39 is 41.0 Å². The Hall–Kier alpha value is -5.84. The second-order valence-corrected chi connectivity index (χ2v) is 21.5. The second-order valence-electron chi connectivity index (χ2n) is 15.5. The number of halogens is 4. The van der Waals surface area contributed by atoms with Gasteiger partial charge in [0.2, 0.25) is 17.5 Å². The number of esters is 2. The highest BCUT2D eigenvalue weighted by molar-refractivity contribution is 8.00. The molecule has 4 atom stereocenters. The summed E-state index contributed by atoms with van der Waals surface area (Å²) in [6, 6.07) is 13.7. The summed E-state index contributed by atoms with van der Waals surface area (Å²) in [5.74, 6) is -1.67. The van der Waals surface area contributed by atoms with Gasteiger partial charge in [0.15, 0.2) is 21.8 Å². The number of nitrogens with two attached hydrogens (primary N) is 3. The van der Waals surface area contributed by atoms with Crippen molar-refractivity contribution in [2.24, 2.45) is 22.0 Å². The van der Waals surface area contributed by atoms with Gasteiger partial charge < -0.3 is 50.9 Å². The number of benzene rings is 2. The lowest BCUT2D eigenvalue weighted by Crippen LogP contribution is -2.68. The number of ketones is 1. The van der Waals surface area contributed by atoms with Gasteiger partial charge in [-0.05, 0) is 46.5 Å². The Morgan fingerprint density at radius 1 is 0.697 bits per heavy atom. The van der Waals surface area contributed by atoms with E-state index in [9.17, 15) is 28.8 Å². The van der Waals surface area contributed by atoms with E-state index in [0.717, 1.165) is 39.5 Å². The molecule has 30 heteroatoms. The van der Waals surface area contributed by atoms with Crippen molar-refractivity contribution in [3.8, 4) is 11.5 Å². The summed E-state index contributed by atoms with van der Waals surface area (Å²) >= 11 is 28.8. The number of thioether (sulfide) groups is 2. The molecular formula is C46H49Cl4N9O13S4. The van der Waals surface area contributed by atoms with Crippen LogP contribution >= 0.6 is 92.6 Å². The number of carboxylic acids is 1. The summed E-state index contributed by atoms with van der Waals surface area (Å²) in [5, 5.41) is 15.5. The number of ether oxygens (including phenoxy) is 4. The zero-order valence-corrected chi connectivity index (χ0v) is 46.1. The molecule has 0 aliphatic carbocycles. The van der Waals surface area contributed by atoms with Crippen molar-refractivity contribution in [3.05, 3.63) is 102 Å². The van der Waals surface area contributed by atoms with Crippen LogP contribution in [-0.2, 0) is 61.1 Å². The quantitative estimate of drug-likeness (QED) is 0.0276. The molecule has 76 heavy (non-hydrogen) atoms. The predicted octanol–water partition coefficient (Wildman–Crippen LogP) is 6.39. The fourth-order valence-electron chi connectivity index (χ4n) is 7.27. The number of nitrogens with zero attached hydrogens (tertiary/aromatic N) is 6. The molecule has 0 spiro atoms. The van der Waals surface area contributed by atoms with Gasteiger partial charge in [-0.2, -0.15) is 0 Å². The number of β-lactam (4-membered cyclic amide) rings is 2. The predicted molar refractivity (Wildman–Crippen MR) is 293 cm³/mol. The Labute approximate surface area is 471 Å². The number of methoxy groups -OCH3 is 2. The maximum Gasteiger partial charge on any atom is 0.360 e. The SMILES string of the molecule is C.CO/N=C(\C(=O)C[C@@H]1C(=O)N2C(C(=O)OCc3ccc(OC)cc3)=C(CCl)CS[C@H]12)c1nc(N)sc1Cl.CO/N=C(\C(=O)O)c1nc(N)sc1Cl.COc1ccc(COC(=O)C2=C(CCl)CS[C@@H]3[C@H](N)C(=O)N23)cc1. The molecule has 2 amide bonds. The first-order valence-electron chi connectivity index (χ1n) is 21.6. The van der Waals surface area contributed by atoms with Gasteiger partial charge in [0, 0.05) is 29.7 Å². The summed E-state index contributed by atoms with van der Waals surface area (Å²) < 4.78 is 21.4. The number of aliphatic carboxylic acids is 1. The smallest absolute Gasteiger partial charge is 0.360 e. The normalized spacial score (nSPS) is 18.7. The van der Waals surface area contributed by atoms with E-state index in [1.165, 1.54) is 47.5 Å². The number of aromatic nitrogens is 2. The van der Waals surface area contributed by atoms with Crippen molar-refractivity contribution < 1.29 is 62.5 Å². The number of nitrogen functional groups attached to an aromatic ring is 2. The zero-order chi connectivity index (χ0) is 54.7. The van der Waals surface area contributed by atoms with Gasteiger partial charge in [0.25, 0.3) is 0 Å². The molecule has 2 aromatic carbocycles. The number of rotatable bonds is 18. The van der Waals surface area contributed by atoms with E-state index in [4.69, 9.17) is 92.5 Å². The molecule has 0 unspecified atom stereocenters. The van der Waals surface area contributed by atoms with E-state index in [1.807, 2.05) is 12.1 Å². The van der Waals surface area contributed by atoms with Crippen molar-refractivity contribution in [1.29, 1.82) is 0 Å². The van der Waals surface area contributed by atoms with Gasteiger partial charge in [-0.3, -0.25) is 24.2 Å². The third-order valence-corrected chi connectivity index (χ3v) is 16.5. The molecule has 2 aromatic heterocycles. The van der Waals surface area contributed by atoms with Crippen LogP contribution in [0.25, 0.3) is 0 Å². The molecule has 8 rings (SSSR count). The fraction of sp³-hybridized carbons (Fsp3) is 0.348. The van der Waals surface area contributed by atoms with Crippen molar-refractivity contribution in [1.82, 2.24) is 19.8 Å². The monoisotopic (exact) mass is 1200 g/mol.